The number of thiazole rings is 1. The van der Waals surface area contributed by atoms with Gasteiger partial charge >= 0.3 is 0 Å². The minimum atomic E-state index is 0.735. The van der Waals surface area contributed by atoms with Crippen LogP contribution in [0.5, 0.6) is 0 Å². The van der Waals surface area contributed by atoms with Gasteiger partial charge in [0.05, 0.1) is 10.4 Å². The van der Waals surface area contributed by atoms with E-state index in [2.05, 4.69) is 49.6 Å². The number of rotatable bonds is 8. The molecule has 2 rings (SSSR count). The van der Waals surface area contributed by atoms with E-state index >= 15 is 0 Å². The van der Waals surface area contributed by atoms with E-state index in [1.54, 1.807) is 29.8 Å². The molecule has 0 spiro atoms. The Kier molecular flexibility index (Phi) is 6.44. The van der Waals surface area contributed by atoms with E-state index in [9.17, 15) is 0 Å². The van der Waals surface area contributed by atoms with E-state index < -0.39 is 0 Å². The third kappa shape index (κ3) is 4.82. The predicted octanol–water partition coefficient (Wildman–Crippen LogP) is 3.34. The monoisotopic (exact) mass is 375 g/mol. The standard InChI is InChI=1S/C13H18BrN3OS2/c1-17(8-10-5-12(14)19-9-10)13-16-7-11(20-13)6-15-3-4-18-2/h5,7,9,15H,3-4,6,8H2,1-2H3. The van der Waals surface area contributed by atoms with Crippen LogP contribution in [0.4, 0.5) is 5.13 Å². The van der Waals surface area contributed by atoms with Crippen molar-refractivity contribution in [2.24, 2.45) is 0 Å². The van der Waals surface area contributed by atoms with Crippen LogP contribution in [0.1, 0.15) is 10.4 Å². The summed E-state index contributed by atoms with van der Waals surface area (Å²) >= 11 is 6.93. The van der Waals surface area contributed by atoms with Crippen molar-refractivity contribution < 1.29 is 4.74 Å². The summed E-state index contributed by atoms with van der Waals surface area (Å²) in [7, 11) is 3.79. The van der Waals surface area contributed by atoms with Crippen molar-refractivity contribution in [2.45, 2.75) is 13.1 Å². The molecule has 0 aromatic carbocycles. The summed E-state index contributed by atoms with van der Waals surface area (Å²) in [6.07, 6.45) is 1.94. The molecular weight excluding hydrogens is 358 g/mol. The molecule has 2 heterocycles. The first-order chi connectivity index (χ1) is 9.69. The van der Waals surface area contributed by atoms with Crippen molar-refractivity contribution in [1.29, 1.82) is 0 Å². The maximum absolute atomic E-state index is 5.01. The van der Waals surface area contributed by atoms with Crippen LogP contribution in [0.15, 0.2) is 21.4 Å². The van der Waals surface area contributed by atoms with E-state index in [-0.39, 0.29) is 0 Å². The van der Waals surface area contributed by atoms with Gasteiger partial charge in [-0.15, -0.1) is 22.7 Å². The van der Waals surface area contributed by atoms with Gasteiger partial charge in [0.2, 0.25) is 0 Å². The number of ether oxygens (including phenoxy) is 1. The van der Waals surface area contributed by atoms with E-state index in [1.165, 1.54) is 14.2 Å². The fourth-order valence-electron chi connectivity index (χ4n) is 1.71. The van der Waals surface area contributed by atoms with Crippen molar-refractivity contribution in [3.05, 3.63) is 31.9 Å². The molecular formula is C13H18BrN3OS2. The Hall–Kier alpha value is -0.470. The topological polar surface area (TPSA) is 37.4 Å². The quantitative estimate of drug-likeness (QED) is 0.717. The first kappa shape index (κ1) is 15.9. The minimum Gasteiger partial charge on any atom is -0.383 e. The molecule has 0 aliphatic carbocycles. The summed E-state index contributed by atoms with van der Waals surface area (Å²) in [6, 6.07) is 2.15. The van der Waals surface area contributed by atoms with Crippen LogP contribution >= 0.6 is 38.6 Å². The van der Waals surface area contributed by atoms with Gasteiger partial charge in [-0.2, -0.15) is 0 Å². The lowest BCUT2D eigenvalue weighted by molar-refractivity contribution is 0.199. The largest absolute Gasteiger partial charge is 0.383 e. The van der Waals surface area contributed by atoms with Crippen molar-refractivity contribution in [2.75, 3.05) is 32.2 Å². The molecule has 0 aliphatic heterocycles. The molecule has 0 radical (unpaired) electrons. The van der Waals surface area contributed by atoms with Gasteiger partial charge in [0.1, 0.15) is 0 Å². The zero-order valence-corrected chi connectivity index (χ0v) is 14.8. The summed E-state index contributed by atoms with van der Waals surface area (Å²) < 4.78 is 6.18. The molecule has 0 saturated heterocycles. The molecule has 0 atom stereocenters. The van der Waals surface area contributed by atoms with Gasteiger partial charge in [0, 0.05) is 44.9 Å². The second-order valence-electron chi connectivity index (χ2n) is 4.39. The number of hydrogen-bond acceptors (Lipinski definition) is 6. The maximum atomic E-state index is 5.01. The molecule has 110 valence electrons. The second kappa shape index (κ2) is 8.09. The van der Waals surface area contributed by atoms with Crippen LogP contribution in [0.3, 0.4) is 0 Å². The molecule has 0 saturated carbocycles. The van der Waals surface area contributed by atoms with Gasteiger partial charge in [-0.1, -0.05) is 0 Å². The highest BCUT2D eigenvalue weighted by Gasteiger charge is 2.08. The number of halogens is 1. The summed E-state index contributed by atoms with van der Waals surface area (Å²) in [5, 5.41) is 6.55. The van der Waals surface area contributed by atoms with Crippen LogP contribution in [0, 0.1) is 0 Å². The number of anilines is 1. The molecule has 20 heavy (non-hydrogen) atoms. The summed E-state index contributed by atoms with van der Waals surface area (Å²) in [5.41, 5.74) is 1.30. The zero-order chi connectivity index (χ0) is 14.4. The van der Waals surface area contributed by atoms with Crippen LogP contribution in [-0.4, -0.2) is 32.3 Å². The van der Waals surface area contributed by atoms with Gasteiger partial charge in [-0.3, -0.25) is 0 Å². The maximum Gasteiger partial charge on any atom is 0.185 e. The second-order valence-corrected chi connectivity index (χ2v) is 7.78. The molecule has 2 aromatic heterocycles. The number of hydrogen-bond donors (Lipinski definition) is 1. The van der Waals surface area contributed by atoms with Gasteiger partial charge in [0.15, 0.2) is 5.13 Å². The fourth-order valence-corrected chi connectivity index (χ4v) is 3.75. The molecule has 1 N–H and O–H groups in total. The van der Waals surface area contributed by atoms with E-state index in [1.807, 2.05) is 6.20 Å². The highest BCUT2D eigenvalue weighted by atomic mass is 79.9. The lowest BCUT2D eigenvalue weighted by Crippen LogP contribution is -2.17. The molecule has 0 bridgehead atoms. The first-order valence-corrected chi connectivity index (χ1v) is 8.76. The highest BCUT2D eigenvalue weighted by molar-refractivity contribution is 9.11. The Bertz CT molecular complexity index is 529. The van der Waals surface area contributed by atoms with Crippen LogP contribution in [0.25, 0.3) is 0 Å². The Morgan fingerprint density at radius 3 is 3.05 bits per heavy atom. The minimum absolute atomic E-state index is 0.735. The van der Waals surface area contributed by atoms with Crippen molar-refractivity contribution in [3.8, 4) is 0 Å². The number of nitrogens with zero attached hydrogens (tertiary/aromatic N) is 2. The number of aromatic nitrogens is 1. The molecule has 0 unspecified atom stereocenters. The molecule has 0 fully saturated rings. The van der Waals surface area contributed by atoms with Crippen LogP contribution in [-0.2, 0) is 17.8 Å². The third-order valence-corrected chi connectivity index (χ3v) is 5.36. The number of methoxy groups -OCH3 is 1. The van der Waals surface area contributed by atoms with E-state index in [4.69, 9.17) is 4.74 Å². The summed E-state index contributed by atoms with van der Waals surface area (Å²) in [5.74, 6) is 0. The fraction of sp³-hybridized carbons (Fsp3) is 0.462. The van der Waals surface area contributed by atoms with E-state index in [0.717, 1.165) is 31.4 Å². The number of nitrogens with one attached hydrogen (secondary N) is 1. The molecule has 7 heteroatoms. The smallest absolute Gasteiger partial charge is 0.185 e. The van der Waals surface area contributed by atoms with Crippen molar-refractivity contribution >= 4 is 43.7 Å². The lowest BCUT2D eigenvalue weighted by Gasteiger charge is -2.14. The predicted molar refractivity (Wildman–Crippen MR) is 89.8 cm³/mol. The Morgan fingerprint density at radius 1 is 1.50 bits per heavy atom. The lowest BCUT2D eigenvalue weighted by atomic mass is 10.3. The third-order valence-electron chi connectivity index (χ3n) is 2.69. The van der Waals surface area contributed by atoms with Crippen LogP contribution < -0.4 is 10.2 Å². The zero-order valence-electron chi connectivity index (χ0n) is 11.6. The van der Waals surface area contributed by atoms with Gasteiger partial charge in [-0.05, 0) is 32.9 Å². The van der Waals surface area contributed by atoms with Gasteiger partial charge in [-0.25, -0.2) is 4.98 Å². The highest BCUT2D eigenvalue weighted by Crippen LogP contribution is 2.25. The Balaban J connectivity index is 1.84. The van der Waals surface area contributed by atoms with Crippen molar-refractivity contribution in [1.82, 2.24) is 10.3 Å². The Labute approximate surface area is 135 Å². The summed E-state index contributed by atoms with van der Waals surface area (Å²) in [4.78, 5) is 7.91. The first-order valence-electron chi connectivity index (χ1n) is 6.27. The normalized spacial score (nSPS) is 10.9. The molecule has 0 amide bonds. The average Bonchev–Trinajstić information content (AvgIpc) is 3.04. The Morgan fingerprint density at radius 2 is 2.35 bits per heavy atom. The molecule has 4 nitrogen and oxygen atoms in total. The average molecular weight is 376 g/mol. The van der Waals surface area contributed by atoms with Crippen LogP contribution in [0.2, 0.25) is 0 Å². The van der Waals surface area contributed by atoms with Gasteiger partial charge < -0.3 is 15.0 Å². The van der Waals surface area contributed by atoms with Crippen molar-refractivity contribution in [3.63, 3.8) is 0 Å². The number of thiophene rings is 1. The molecule has 2 aromatic rings. The van der Waals surface area contributed by atoms with E-state index in [0.29, 0.717) is 0 Å². The summed E-state index contributed by atoms with van der Waals surface area (Å²) in [6.45, 7) is 3.33. The van der Waals surface area contributed by atoms with Gasteiger partial charge in [0.25, 0.3) is 0 Å². The SMILES string of the molecule is COCCNCc1cnc(N(C)Cc2csc(Br)c2)s1. The molecule has 0 aliphatic rings.